The number of piperazine rings is 1. The molecule has 1 aromatic rings. The van der Waals surface area contributed by atoms with Gasteiger partial charge in [0.25, 0.3) is 0 Å². The highest BCUT2D eigenvalue weighted by Crippen LogP contribution is 2.32. The summed E-state index contributed by atoms with van der Waals surface area (Å²) in [6.45, 7) is 4.67. The maximum absolute atomic E-state index is 12.6. The second-order valence-electron chi connectivity index (χ2n) is 6.09. The Morgan fingerprint density at radius 1 is 1.20 bits per heavy atom. The fourth-order valence-corrected chi connectivity index (χ4v) is 3.45. The van der Waals surface area contributed by atoms with E-state index in [4.69, 9.17) is 4.42 Å². The third-order valence-corrected chi connectivity index (χ3v) is 4.92. The third-order valence-electron chi connectivity index (χ3n) is 4.92. The van der Waals surface area contributed by atoms with Gasteiger partial charge < -0.3 is 9.32 Å². The molecule has 0 aliphatic carbocycles. The van der Waals surface area contributed by atoms with Crippen molar-refractivity contribution < 1.29 is 9.21 Å². The molecule has 0 unspecified atom stereocenters. The summed E-state index contributed by atoms with van der Waals surface area (Å²) >= 11 is 0. The minimum Gasteiger partial charge on any atom is -0.472 e. The van der Waals surface area contributed by atoms with E-state index in [2.05, 4.69) is 16.8 Å². The predicted molar refractivity (Wildman–Crippen MR) is 76.2 cm³/mol. The summed E-state index contributed by atoms with van der Waals surface area (Å²) in [5.41, 5.74) is 0.946. The van der Waals surface area contributed by atoms with Gasteiger partial charge in [0.05, 0.1) is 12.5 Å². The van der Waals surface area contributed by atoms with Crippen LogP contribution in [0, 0.1) is 0 Å². The third kappa shape index (κ3) is 2.25. The molecule has 1 spiro atoms. The Labute approximate surface area is 120 Å². The van der Waals surface area contributed by atoms with Crippen LogP contribution in [0.3, 0.4) is 0 Å². The van der Waals surface area contributed by atoms with Gasteiger partial charge in [-0.25, -0.2) is 0 Å². The minimum atomic E-state index is -0.264. The van der Waals surface area contributed by atoms with Crippen molar-refractivity contribution in [3.8, 4) is 0 Å². The van der Waals surface area contributed by atoms with Crippen molar-refractivity contribution >= 4 is 5.91 Å². The molecule has 1 aromatic heterocycles. The molecule has 3 rings (SSSR count). The molecule has 0 bridgehead atoms. The van der Waals surface area contributed by atoms with Crippen molar-refractivity contribution in [1.82, 2.24) is 14.7 Å². The van der Waals surface area contributed by atoms with Gasteiger partial charge in [0, 0.05) is 45.3 Å². The van der Waals surface area contributed by atoms with Crippen LogP contribution in [0.2, 0.25) is 0 Å². The van der Waals surface area contributed by atoms with Crippen molar-refractivity contribution in [2.75, 3.05) is 40.3 Å². The molecule has 0 saturated carbocycles. The van der Waals surface area contributed by atoms with Gasteiger partial charge in [0.15, 0.2) is 0 Å². The quantitative estimate of drug-likeness (QED) is 0.809. The zero-order chi connectivity index (χ0) is 14.2. The topological polar surface area (TPSA) is 39.9 Å². The first-order chi connectivity index (χ1) is 9.62. The molecule has 5 nitrogen and oxygen atoms in total. The lowest BCUT2D eigenvalue weighted by Gasteiger charge is -2.50. The average molecular weight is 277 g/mol. The molecule has 0 atom stereocenters. The fourth-order valence-electron chi connectivity index (χ4n) is 3.45. The number of amides is 1. The van der Waals surface area contributed by atoms with Crippen LogP contribution in [0.5, 0.6) is 0 Å². The zero-order valence-corrected chi connectivity index (χ0v) is 12.3. The van der Waals surface area contributed by atoms with E-state index < -0.39 is 0 Å². The van der Waals surface area contributed by atoms with Crippen molar-refractivity contribution in [2.24, 2.45) is 0 Å². The summed E-state index contributed by atoms with van der Waals surface area (Å²) in [7, 11) is 4.02. The number of nitrogens with zero attached hydrogens (tertiary/aromatic N) is 3. The molecular weight excluding hydrogens is 254 g/mol. The Morgan fingerprint density at radius 3 is 2.60 bits per heavy atom. The minimum absolute atomic E-state index is 0.264. The molecule has 2 fully saturated rings. The molecule has 3 heterocycles. The van der Waals surface area contributed by atoms with Crippen LogP contribution in [-0.2, 0) is 11.3 Å². The van der Waals surface area contributed by atoms with Crippen molar-refractivity contribution in [3.63, 3.8) is 0 Å². The Kier molecular flexibility index (Phi) is 3.56. The number of rotatable bonds is 2. The van der Waals surface area contributed by atoms with Crippen LogP contribution in [0.25, 0.3) is 0 Å². The van der Waals surface area contributed by atoms with Gasteiger partial charge >= 0.3 is 0 Å². The molecule has 5 heteroatoms. The van der Waals surface area contributed by atoms with Gasteiger partial charge in [-0.1, -0.05) is 0 Å². The molecule has 110 valence electrons. The summed E-state index contributed by atoms with van der Waals surface area (Å²) in [4.78, 5) is 19.2. The number of likely N-dealkylation sites (tertiary alicyclic amines) is 1. The Bertz CT molecular complexity index is 463. The van der Waals surface area contributed by atoms with Crippen molar-refractivity contribution in [1.29, 1.82) is 0 Å². The first-order valence-electron chi connectivity index (χ1n) is 7.32. The lowest BCUT2D eigenvalue weighted by Crippen LogP contribution is -2.66. The molecule has 0 radical (unpaired) electrons. The maximum atomic E-state index is 12.6. The Hall–Kier alpha value is -1.33. The first kappa shape index (κ1) is 13.6. The van der Waals surface area contributed by atoms with E-state index in [9.17, 15) is 4.79 Å². The van der Waals surface area contributed by atoms with E-state index in [0.717, 1.165) is 45.6 Å². The van der Waals surface area contributed by atoms with E-state index in [1.807, 2.05) is 18.0 Å². The highest BCUT2D eigenvalue weighted by molar-refractivity contribution is 5.87. The smallest absolute Gasteiger partial charge is 0.242 e. The van der Waals surface area contributed by atoms with Crippen LogP contribution < -0.4 is 0 Å². The summed E-state index contributed by atoms with van der Waals surface area (Å²) in [6, 6.07) is 2.01. The zero-order valence-electron chi connectivity index (χ0n) is 12.3. The number of hydrogen-bond acceptors (Lipinski definition) is 4. The average Bonchev–Trinajstić information content (AvgIpc) is 2.96. The highest BCUT2D eigenvalue weighted by atomic mass is 16.3. The van der Waals surface area contributed by atoms with Gasteiger partial charge in [0.2, 0.25) is 5.91 Å². The van der Waals surface area contributed by atoms with Crippen LogP contribution in [-0.4, -0.2) is 66.4 Å². The number of piperidine rings is 1. The predicted octanol–water partition coefficient (Wildman–Crippen LogP) is 1.02. The van der Waals surface area contributed by atoms with Crippen LogP contribution >= 0.6 is 0 Å². The SMILES string of the molecule is CN1CCN(C)C2(CCN(Cc3ccoc3)CC2)C1=O. The standard InChI is InChI=1S/C15H23N3O2/c1-16-8-9-17(2)15(14(16)19)4-6-18(7-5-15)11-13-3-10-20-12-13/h3,10,12H,4-9,11H2,1-2H3. The largest absolute Gasteiger partial charge is 0.472 e. The summed E-state index contributed by atoms with van der Waals surface area (Å²) < 4.78 is 5.12. The number of likely N-dealkylation sites (N-methyl/N-ethyl adjacent to an activating group) is 2. The van der Waals surface area contributed by atoms with Crippen molar-refractivity contribution in [2.45, 2.75) is 24.9 Å². The molecule has 20 heavy (non-hydrogen) atoms. The molecular formula is C15H23N3O2. The summed E-state index contributed by atoms with van der Waals surface area (Å²) in [5.74, 6) is 0.300. The lowest BCUT2D eigenvalue weighted by atomic mass is 9.83. The molecule has 1 amide bonds. The van der Waals surface area contributed by atoms with E-state index >= 15 is 0 Å². The lowest BCUT2D eigenvalue weighted by molar-refractivity contribution is -0.152. The van der Waals surface area contributed by atoms with Gasteiger partial charge in [-0.2, -0.15) is 0 Å². The number of hydrogen-bond donors (Lipinski definition) is 0. The first-order valence-corrected chi connectivity index (χ1v) is 7.32. The summed E-state index contributed by atoms with van der Waals surface area (Å²) in [6.07, 6.45) is 5.36. The molecule has 0 aromatic carbocycles. The maximum Gasteiger partial charge on any atom is 0.242 e. The number of carbonyl (C=O) groups is 1. The van der Waals surface area contributed by atoms with Gasteiger partial charge in [-0.15, -0.1) is 0 Å². The van der Waals surface area contributed by atoms with E-state index in [0.29, 0.717) is 5.91 Å². The van der Waals surface area contributed by atoms with Gasteiger partial charge in [-0.3, -0.25) is 14.6 Å². The molecule has 2 aliphatic rings. The number of carbonyl (C=O) groups excluding carboxylic acids is 1. The van der Waals surface area contributed by atoms with Gasteiger partial charge in [-0.05, 0) is 26.0 Å². The summed E-state index contributed by atoms with van der Waals surface area (Å²) in [5, 5.41) is 0. The number of furan rings is 1. The van der Waals surface area contributed by atoms with E-state index in [1.165, 1.54) is 5.56 Å². The van der Waals surface area contributed by atoms with E-state index in [1.54, 1.807) is 12.5 Å². The van der Waals surface area contributed by atoms with Crippen LogP contribution in [0.15, 0.2) is 23.0 Å². The van der Waals surface area contributed by atoms with E-state index in [-0.39, 0.29) is 5.54 Å². The Morgan fingerprint density at radius 2 is 1.95 bits per heavy atom. The highest BCUT2D eigenvalue weighted by Gasteiger charge is 2.48. The molecule has 2 aliphatic heterocycles. The van der Waals surface area contributed by atoms with Crippen LogP contribution in [0.1, 0.15) is 18.4 Å². The Balaban J connectivity index is 1.66. The van der Waals surface area contributed by atoms with Crippen LogP contribution in [0.4, 0.5) is 0 Å². The monoisotopic (exact) mass is 277 g/mol. The second kappa shape index (κ2) is 5.22. The fraction of sp³-hybridized carbons (Fsp3) is 0.667. The molecule has 0 N–H and O–H groups in total. The molecule has 2 saturated heterocycles. The van der Waals surface area contributed by atoms with Gasteiger partial charge in [0.1, 0.15) is 5.54 Å². The van der Waals surface area contributed by atoms with Crippen molar-refractivity contribution in [3.05, 3.63) is 24.2 Å². The normalized spacial score (nSPS) is 24.5. The second-order valence-corrected chi connectivity index (χ2v) is 6.09.